The van der Waals surface area contributed by atoms with Gasteiger partial charge in [0, 0.05) is 47.4 Å². The van der Waals surface area contributed by atoms with Crippen LogP contribution in [0.5, 0.6) is 0 Å². The van der Waals surface area contributed by atoms with Crippen LogP contribution >= 0.6 is 0 Å². The number of hydrogen-bond donors (Lipinski definition) is 3. The van der Waals surface area contributed by atoms with Gasteiger partial charge in [0.2, 0.25) is 0 Å². The molecule has 2 atom stereocenters. The van der Waals surface area contributed by atoms with Gasteiger partial charge in [0.15, 0.2) is 6.29 Å². The van der Waals surface area contributed by atoms with E-state index in [0.29, 0.717) is 12.9 Å². The van der Waals surface area contributed by atoms with Gasteiger partial charge in [-0.05, 0) is 72.7 Å². The Balaban J connectivity index is 2.20. The average Bonchev–Trinajstić information content (AvgIpc) is 3.27. The number of ether oxygens (including phenoxy) is 2. The van der Waals surface area contributed by atoms with E-state index >= 15 is 4.39 Å². The van der Waals surface area contributed by atoms with Crippen LogP contribution in [-0.2, 0) is 20.8 Å². The van der Waals surface area contributed by atoms with Crippen LogP contribution in [0.4, 0.5) is 14.9 Å². The van der Waals surface area contributed by atoms with Crippen LogP contribution in [0.2, 0.25) is 0 Å². The third-order valence-corrected chi connectivity index (χ3v) is 5.81. The zero-order valence-corrected chi connectivity index (χ0v) is 23.5. The Hall–Kier alpha value is -3.59. The van der Waals surface area contributed by atoms with Gasteiger partial charge >= 0.3 is 6.09 Å². The first-order chi connectivity index (χ1) is 17.9. The summed E-state index contributed by atoms with van der Waals surface area (Å²) in [6, 6.07) is 6.89. The molecular formula is C29H41FN4O4. The van der Waals surface area contributed by atoms with Gasteiger partial charge in [-0.1, -0.05) is 12.6 Å². The fourth-order valence-electron chi connectivity index (χ4n) is 3.78. The summed E-state index contributed by atoms with van der Waals surface area (Å²) in [4.78, 5) is 24.1. The number of hydrogen-bond acceptors (Lipinski definition) is 6. The van der Waals surface area contributed by atoms with Crippen molar-refractivity contribution < 1.29 is 23.5 Å². The van der Waals surface area contributed by atoms with E-state index in [0.717, 1.165) is 29.2 Å². The fraction of sp³-hybridized carbons (Fsp3) is 0.448. The van der Waals surface area contributed by atoms with E-state index in [1.807, 2.05) is 37.4 Å². The lowest BCUT2D eigenvalue weighted by Gasteiger charge is -2.28. The van der Waals surface area contributed by atoms with Crippen LogP contribution in [0.15, 0.2) is 65.9 Å². The molecule has 2 rings (SSSR count). The van der Waals surface area contributed by atoms with E-state index in [9.17, 15) is 9.59 Å². The van der Waals surface area contributed by atoms with Crippen LogP contribution in [0.3, 0.4) is 0 Å². The zero-order valence-electron chi connectivity index (χ0n) is 23.5. The first-order valence-electron chi connectivity index (χ1n) is 12.8. The van der Waals surface area contributed by atoms with Gasteiger partial charge in [-0.25, -0.2) is 9.18 Å². The second-order valence-electron chi connectivity index (χ2n) is 9.98. The molecule has 2 aromatic rings. The molecule has 0 unspecified atom stereocenters. The molecule has 0 fully saturated rings. The number of allylic oxidation sites excluding steroid dienone is 4. The van der Waals surface area contributed by atoms with Crippen molar-refractivity contribution in [3.8, 4) is 0 Å². The Morgan fingerprint density at radius 2 is 1.92 bits per heavy atom. The number of anilines is 1. The minimum absolute atomic E-state index is 0.0665. The molecule has 0 bridgehead atoms. The van der Waals surface area contributed by atoms with E-state index < -0.39 is 29.6 Å². The number of rotatable bonds is 13. The number of alkyl carbamates (subject to hydrolysis) is 1. The molecule has 0 saturated carbocycles. The highest BCUT2D eigenvalue weighted by Crippen LogP contribution is 2.27. The Morgan fingerprint density at radius 1 is 1.21 bits per heavy atom. The number of nitrogens with one attached hydrogen (secondary N) is 3. The molecule has 9 heteroatoms. The second kappa shape index (κ2) is 13.8. The van der Waals surface area contributed by atoms with Crippen molar-refractivity contribution in [3.63, 3.8) is 0 Å². The molecule has 1 heterocycles. The maximum atomic E-state index is 15.2. The number of carbonyl (C=O) groups is 2. The van der Waals surface area contributed by atoms with Crippen molar-refractivity contribution >= 4 is 29.0 Å². The van der Waals surface area contributed by atoms with Crippen molar-refractivity contribution in [3.05, 3.63) is 65.9 Å². The third kappa shape index (κ3) is 8.76. The molecule has 0 aliphatic rings. The van der Waals surface area contributed by atoms with Crippen molar-refractivity contribution in [1.29, 1.82) is 0 Å². The molecule has 3 N–H and O–H groups in total. The summed E-state index contributed by atoms with van der Waals surface area (Å²) < 4.78 is 28.2. The predicted molar refractivity (Wildman–Crippen MR) is 151 cm³/mol. The lowest BCUT2D eigenvalue weighted by atomic mass is 10.1. The fourth-order valence-corrected chi connectivity index (χ4v) is 3.78. The summed E-state index contributed by atoms with van der Waals surface area (Å²) in [6.45, 7) is 18.0. The third-order valence-electron chi connectivity index (χ3n) is 5.81. The quantitative estimate of drug-likeness (QED) is 0.172. The molecule has 208 valence electrons. The summed E-state index contributed by atoms with van der Waals surface area (Å²) in [7, 11) is 0. The number of benzene rings is 1. The summed E-state index contributed by atoms with van der Waals surface area (Å²) in [5.41, 5.74) is 1.68. The molecule has 0 spiro atoms. The minimum Gasteiger partial charge on any atom is -0.444 e. The standard InChI is InChI=1S/C29H41FN4O4/c1-9-34-15-14-23-25(12-11-13-27(23)34)31-19(3)22(17-35)16-24(30)20(4)32-26(18-37-10-2)21(5)33-28(36)38-29(6,7)8/h11-17,21,26,31-32H,3,9-10,18H2,1-2,4-8H3,(H,33,36)/b22-16-,24-20-/t21-,26+/m0/s1. The lowest BCUT2D eigenvalue weighted by Crippen LogP contribution is -2.51. The zero-order chi connectivity index (χ0) is 28.5. The van der Waals surface area contributed by atoms with Crippen LogP contribution < -0.4 is 16.0 Å². The van der Waals surface area contributed by atoms with Gasteiger partial charge in [0.1, 0.15) is 11.4 Å². The van der Waals surface area contributed by atoms with Crippen LogP contribution in [0, 0.1) is 0 Å². The van der Waals surface area contributed by atoms with Crippen molar-refractivity contribution in [2.45, 2.75) is 72.7 Å². The number of aldehydes is 1. The molecule has 0 saturated heterocycles. The first-order valence-corrected chi connectivity index (χ1v) is 12.8. The van der Waals surface area contributed by atoms with E-state index in [-0.39, 0.29) is 23.6 Å². The van der Waals surface area contributed by atoms with E-state index in [4.69, 9.17) is 9.47 Å². The van der Waals surface area contributed by atoms with Crippen molar-refractivity contribution in [2.24, 2.45) is 0 Å². The van der Waals surface area contributed by atoms with Crippen LogP contribution in [0.25, 0.3) is 10.9 Å². The molecule has 8 nitrogen and oxygen atoms in total. The number of amides is 1. The summed E-state index contributed by atoms with van der Waals surface area (Å²) in [6.07, 6.45) is 3.10. The Kier molecular flexibility index (Phi) is 11.1. The van der Waals surface area contributed by atoms with Gasteiger partial charge < -0.3 is 30.0 Å². The molecule has 1 aromatic heterocycles. The van der Waals surface area contributed by atoms with Gasteiger partial charge in [0.25, 0.3) is 0 Å². The van der Waals surface area contributed by atoms with Crippen molar-refractivity contribution in [1.82, 2.24) is 15.2 Å². The molecule has 1 amide bonds. The molecule has 38 heavy (non-hydrogen) atoms. The highest BCUT2D eigenvalue weighted by atomic mass is 19.1. The molecule has 0 radical (unpaired) electrons. The second-order valence-corrected chi connectivity index (χ2v) is 9.98. The molecule has 0 aliphatic carbocycles. The van der Waals surface area contributed by atoms with Crippen LogP contribution in [0.1, 0.15) is 48.5 Å². The normalized spacial score (nSPS) is 14.4. The number of nitrogens with zero attached hydrogens (tertiary/aromatic N) is 1. The van der Waals surface area contributed by atoms with Gasteiger partial charge in [-0.3, -0.25) is 4.79 Å². The van der Waals surface area contributed by atoms with Gasteiger partial charge in [0.05, 0.1) is 24.2 Å². The Labute approximate surface area is 224 Å². The SMILES string of the molecule is C=C(Nc1cccc2c1ccn2CC)/C(C=O)=C\C(F)=C(/C)N[C@H](COCC)[C@H](C)NC(=O)OC(C)(C)C. The van der Waals surface area contributed by atoms with Crippen LogP contribution in [-0.4, -0.2) is 47.8 Å². The average molecular weight is 529 g/mol. The van der Waals surface area contributed by atoms with Crippen molar-refractivity contribution in [2.75, 3.05) is 18.5 Å². The first kappa shape index (κ1) is 30.6. The number of carbonyl (C=O) groups excluding carboxylic acids is 2. The van der Waals surface area contributed by atoms with Gasteiger partial charge in [-0.2, -0.15) is 0 Å². The highest BCUT2D eigenvalue weighted by molar-refractivity contribution is 5.94. The van der Waals surface area contributed by atoms with E-state index in [2.05, 4.69) is 34.0 Å². The van der Waals surface area contributed by atoms with E-state index in [1.54, 1.807) is 34.6 Å². The molecule has 1 aromatic carbocycles. The largest absolute Gasteiger partial charge is 0.444 e. The summed E-state index contributed by atoms with van der Waals surface area (Å²) >= 11 is 0. The summed E-state index contributed by atoms with van der Waals surface area (Å²) in [5, 5.41) is 9.95. The smallest absolute Gasteiger partial charge is 0.407 e. The summed E-state index contributed by atoms with van der Waals surface area (Å²) in [5.74, 6) is -0.642. The topological polar surface area (TPSA) is 93.6 Å². The monoisotopic (exact) mass is 528 g/mol. The maximum Gasteiger partial charge on any atom is 0.407 e. The number of aryl methyl sites for hydroxylation is 1. The Bertz CT molecular complexity index is 1190. The molecule has 0 aliphatic heterocycles. The van der Waals surface area contributed by atoms with Gasteiger partial charge in [-0.15, -0.1) is 0 Å². The number of halogens is 1. The highest BCUT2D eigenvalue weighted by Gasteiger charge is 2.23. The van der Waals surface area contributed by atoms with E-state index in [1.165, 1.54) is 0 Å². The Morgan fingerprint density at radius 3 is 2.53 bits per heavy atom. The minimum atomic E-state index is -0.646. The number of fused-ring (bicyclic) bond motifs is 1. The molecular weight excluding hydrogens is 487 g/mol. The number of aromatic nitrogens is 1. The predicted octanol–water partition coefficient (Wildman–Crippen LogP) is 5.82. The lowest BCUT2D eigenvalue weighted by molar-refractivity contribution is -0.104. The maximum absolute atomic E-state index is 15.2.